The van der Waals surface area contributed by atoms with E-state index in [1.165, 1.54) is 44.3 Å². The molecule has 3 rings (SSSR count). The summed E-state index contributed by atoms with van der Waals surface area (Å²) < 4.78 is 5.32. The third kappa shape index (κ3) is 3.51. The maximum atomic E-state index is 5.32. The van der Waals surface area contributed by atoms with Crippen LogP contribution in [-0.2, 0) is 6.54 Å². The van der Waals surface area contributed by atoms with E-state index in [2.05, 4.69) is 34.1 Å². The molecule has 2 aliphatic carbocycles. The van der Waals surface area contributed by atoms with E-state index in [1.807, 2.05) is 0 Å². The molecule has 0 aliphatic heterocycles. The lowest BCUT2D eigenvalue weighted by Crippen LogP contribution is -2.40. The highest BCUT2D eigenvalue weighted by Gasteiger charge is 2.29. The predicted molar refractivity (Wildman–Crippen MR) is 77.3 cm³/mol. The van der Waals surface area contributed by atoms with Gasteiger partial charge in [-0.25, -0.2) is 0 Å². The molecule has 0 saturated heterocycles. The molecule has 1 aromatic heterocycles. The molecule has 2 fully saturated rings. The van der Waals surface area contributed by atoms with Crippen molar-refractivity contribution in [2.45, 2.75) is 69.2 Å². The van der Waals surface area contributed by atoms with Gasteiger partial charge in [0.2, 0.25) is 5.89 Å². The van der Waals surface area contributed by atoms with Crippen LogP contribution in [0.2, 0.25) is 0 Å². The molecule has 2 atom stereocenters. The molecule has 0 radical (unpaired) electrons. The van der Waals surface area contributed by atoms with Crippen LogP contribution in [0.5, 0.6) is 0 Å². The zero-order valence-electron chi connectivity index (χ0n) is 11.6. The smallest absolute Gasteiger partial charge is 0.240 e. The Bertz CT molecular complexity index is 403. The minimum atomic E-state index is 0.579. The third-order valence-electron chi connectivity index (χ3n) is 4.03. The van der Waals surface area contributed by atoms with Gasteiger partial charge in [0.1, 0.15) is 0 Å². The van der Waals surface area contributed by atoms with Crippen molar-refractivity contribution in [1.29, 1.82) is 0 Å². The van der Waals surface area contributed by atoms with Gasteiger partial charge in [0.25, 0.3) is 0 Å². The first-order chi connectivity index (χ1) is 9.36. The Kier molecular flexibility index (Phi) is 4.43. The maximum Gasteiger partial charge on any atom is 0.240 e. The fourth-order valence-corrected chi connectivity index (χ4v) is 4.04. The van der Waals surface area contributed by atoms with Crippen LogP contribution < -0.4 is 5.32 Å². The lowest BCUT2D eigenvalue weighted by Gasteiger charge is -2.31. The first-order valence-electron chi connectivity index (χ1n) is 7.54. The predicted octanol–water partition coefficient (Wildman–Crippen LogP) is 3.10. The SMILES string of the molecule is CCS[C@@H]1CCCC[C@@H]1NCc1nc(C2CC2)no1. The average Bonchev–Trinajstić information content (AvgIpc) is 3.18. The Morgan fingerprint density at radius 3 is 2.89 bits per heavy atom. The minimum absolute atomic E-state index is 0.579. The van der Waals surface area contributed by atoms with E-state index in [-0.39, 0.29) is 0 Å². The second kappa shape index (κ2) is 6.27. The van der Waals surface area contributed by atoms with Crippen molar-refractivity contribution < 1.29 is 4.52 Å². The van der Waals surface area contributed by atoms with Gasteiger partial charge in [-0.2, -0.15) is 16.7 Å². The largest absolute Gasteiger partial charge is 0.338 e. The van der Waals surface area contributed by atoms with Crippen molar-refractivity contribution >= 4 is 11.8 Å². The molecular formula is C14H23N3OS. The standard InChI is InChI=1S/C14H23N3OS/c1-2-19-12-6-4-3-5-11(12)15-9-13-16-14(17-18-13)10-7-8-10/h10-12,15H,2-9H2,1H3/t11-,12+/m0/s1. The fraction of sp³-hybridized carbons (Fsp3) is 0.857. The van der Waals surface area contributed by atoms with Crippen molar-refractivity contribution in [3.63, 3.8) is 0 Å². The van der Waals surface area contributed by atoms with Crippen LogP contribution in [0, 0.1) is 0 Å². The second-order valence-electron chi connectivity index (χ2n) is 5.59. The van der Waals surface area contributed by atoms with Crippen LogP contribution in [0.15, 0.2) is 4.52 Å². The monoisotopic (exact) mass is 281 g/mol. The van der Waals surface area contributed by atoms with E-state index in [9.17, 15) is 0 Å². The number of nitrogens with one attached hydrogen (secondary N) is 1. The number of hydrogen-bond acceptors (Lipinski definition) is 5. The molecule has 4 nitrogen and oxygen atoms in total. The molecule has 2 aliphatic rings. The Hall–Kier alpha value is -0.550. The van der Waals surface area contributed by atoms with Crippen LogP contribution in [0.25, 0.3) is 0 Å². The highest BCUT2D eigenvalue weighted by molar-refractivity contribution is 7.99. The first-order valence-corrected chi connectivity index (χ1v) is 8.59. The number of aromatic nitrogens is 2. The van der Waals surface area contributed by atoms with Gasteiger partial charge in [-0.05, 0) is 31.4 Å². The summed E-state index contributed by atoms with van der Waals surface area (Å²) in [5.74, 6) is 3.46. The van der Waals surface area contributed by atoms with Crippen LogP contribution in [-0.4, -0.2) is 27.2 Å². The van der Waals surface area contributed by atoms with Gasteiger partial charge >= 0.3 is 0 Å². The van der Waals surface area contributed by atoms with E-state index in [4.69, 9.17) is 4.52 Å². The topological polar surface area (TPSA) is 51.0 Å². The van der Waals surface area contributed by atoms with Crippen LogP contribution >= 0.6 is 11.8 Å². The number of rotatable bonds is 6. The highest BCUT2D eigenvalue weighted by atomic mass is 32.2. The normalized spacial score (nSPS) is 27.6. The van der Waals surface area contributed by atoms with E-state index >= 15 is 0 Å². The average molecular weight is 281 g/mol. The van der Waals surface area contributed by atoms with Gasteiger partial charge < -0.3 is 9.84 Å². The van der Waals surface area contributed by atoms with Crippen LogP contribution in [0.3, 0.4) is 0 Å². The second-order valence-corrected chi connectivity index (χ2v) is 7.10. The molecule has 19 heavy (non-hydrogen) atoms. The number of nitrogens with zero attached hydrogens (tertiary/aromatic N) is 2. The summed E-state index contributed by atoms with van der Waals surface area (Å²) in [7, 11) is 0. The van der Waals surface area contributed by atoms with Gasteiger partial charge in [-0.15, -0.1) is 0 Å². The van der Waals surface area contributed by atoms with Gasteiger partial charge in [-0.1, -0.05) is 24.9 Å². The quantitative estimate of drug-likeness (QED) is 0.868. The number of thioether (sulfide) groups is 1. The van der Waals surface area contributed by atoms with Gasteiger partial charge in [0, 0.05) is 17.2 Å². The summed E-state index contributed by atoms with van der Waals surface area (Å²) in [6.07, 6.45) is 7.79. The molecule has 5 heteroatoms. The Morgan fingerprint density at radius 2 is 2.11 bits per heavy atom. The summed E-state index contributed by atoms with van der Waals surface area (Å²) in [4.78, 5) is 4.48. The summed E-state index contributed by atoms with van der Waals surface area (Å²) in [6.45, 7) is 2.97. The summed E-state index contributed by atoms with van der Waals surface area (Å²) in [6, 6.07) is 0.606. The van der Waals surface area contributed by atoms with Crippen molar-refractivity contribution in [2.24, 2.45) is 0 Å². The number of hydrogen-bond donors (Lipinski definition) is 1. The zero-order valence-corrected chi connectivity index (χ0v) is 12.4. The molecule has 0 aromatic carbocycles. The van der Waals surface area contributed by atoms with Crippen LogP contribution in [0.4, 0.5) is 0 Å². The fourth-order valence-electron chi connectivity index (χ4n) is 2.81. The van der Waals surface area contributed by atoms with E-state index < -0.39 is 0 Å². The molecule has 1 N–H and O–H groups in total. The molecular weight excluding hydrogens is 258 g/mol. The van der Waals surface area contributed by atoms with Gasteiger partial charge in [-0.3, -0.25) is 0 Å². The van der Waals surface area contributed by atoms with Crippen molar-refractivity contribution in [3.8, 4) is 0 Å². The molecule has 1 aromatic rings. The molecule has 0 bridgehead atoms. The lowest BCUT2D eigenvalue weighted by atomic mass is 9.95. The maximum absolute atomic E-state index is 5.32. The molecule has 0 spiro atoms. The van der Waals surface area contributed by atoms with Gasteiger partial charge in [0.15, 0.2) is 5.82 Å². The molecule has 0 amide bonds. The van der Waals surface area contributed by atoms with Gasteiger partial charge in [0.05, 0.1) is 6.54 Å². The molecule has 106 valence electrons. The summed E-state index contributed by atoms with van der Waals surface area (Å²) in [5.41, 5.74) is 0. The van der Waals surface area contributed by atoms with Crippen molar-refractivity contribution in [3.05, 3.63) is 11.7 Å². The van der Waals surface area contributed by atoms with E-state index in [0.717, 1.165) is 23.5 Å². The Morgan fingerprint density at radius 1 is 1.26 bits per heavy atom. The highest BCUT2D eigenvalue weighted by Crippen LogP contribution is 2.38. The van der Waals surface area contributed by atoms with Crippen molar-refractivity contribution in [2.75, 3.05) is 5.75 Å². The van der Waals surface area contributed by atoms with E-state index in [1.54, 1.807) is 0 Å². The third-order valence-corrected chi connectivity index (χ3v) is 5.35. The lowest BCUT2D eigenvalue weighted by molar-refractivity contribution is 0.330. The zero-order chi connectivity index (χ0) is 13.1. The Labute approximate surface area is 119 Å². The molecule has 1 heterocycles. The molecule has 2 saturated carbocycles. The minimum Gasteiger partial charge on any atom is -0.338 e. The summed E-state index contributed by atoms with van der Waals surface area (Å²) >= 11 is 2.09. The Balaban J connectivity index is 1.51. The van der Waals surface area contributed by atoms with Crippen LogP contribution in [0.1, 0.15) is 63.1 Å². The summed E-state index contributed by atoms with van der Waals surface area (Å²) in [5, 5.41) is 8.45. The molecule has 0 unspecified atom stereocenters. The first kappa shape index (κ1) is 13.4. The van der Waals surface area contributed by atoms with E-state index in [0.29, 0.717) is 12.0 Å². The van der Waals surface area contributed by atoms with Crippen molar-refractivity contribution in [1.82, 2.24) is 15.5 Å².